The topological polar surface area (TPSA) is 58.6 Å². The van der Waals surface area contributed by atoms with E-state index in [0.29, 0.717) is 31.2 Å². The molecule has 1 spiro atoms. The third-order valence-electron chi connectivity index (χ3n) is 6.82. The summed E-state index contributed by atoms with van der Waals surface area (Å²) < 4.78 is 18.9. The smallest absolute Gasteiger partial charge is 0.339 e. The standard InChI is InChI=1S/C24H25FN2O3/c25-17-5-7-19(8-6-17)27-14-11-18(15-27)26-22(28)16-9-12-24(13-10-16)21-4-2-1-3-20(21)23(29)30-24/h1-8,16,18H,9-15H2,(H,26,28)/t16-,18-,24-/m0/s1. The zero-order valence-corrected chi connectivity index (χ0v) is 16.8. The molecule has 5 nitrogen and oxygen atoms in total. The number of nitrogens with zero attached hydrogens (tertiary/aromatic N) is 1. The van der Waals surface area contributed by atoms with Crippen molar-refractivity contribution >= 4 is 17.6 Å². The van der Waals surface area contributed by atoms with Gasteiger partial charge in [0.15, 0.2) is 0 Å². The number of esters is 1. The van der Waals surface area contributed by atoms with Crippen molar-refractivity contribution in [3.05, 3.63) is 65.5 Å². The van der Waals surface area contributed by atoms with Crippen molar-refractivity contribution < 1.29 is 18.7 Å². The number of halogens is 1. The van der Waals surface area contributed by atoms with E-state index in [9.17, 15) is 14.0 Å². The second kappa shape index (κ2) is 7.42. The van der Waals surface area contributed by atoms with Crippen LogP contribution in [0.1, 0.15) is 48.0 Å². The van der Waals surface area contributed by atoms with Gasteiger partial charge in [0, 0.05) is 36.3 Å². The number of rotatable bonds is 3. The van der Waals surface area contributed by atoms with Gasteiger partial charge in [0.2, 0.25) is 5.91 Å². The van der Waals surface area contributed by atoms with Crippen molar-refractivity contribution in [3.8, 4) is 0 Å². The molecule has 2 aromatic carbocycles. The van der Waals surface area contributed by atoms with Gasteiger partial charge >= 0.3 is 5.97 Å². The summed E-state index contributed by atoms with van der Waals surface area (Å²) in [6, 6.07) is 14.2. The number of carbonyl (C=O) groups is 2. The molecule has 2 fully saturated rings. The van der Waals surface area contributed by atoms with Gasteiger partial charge in [0.25, 0.3) is 0 Å². The van der Waals surface area contributed by atoms with E-state index >= 15 is 0 Å². The normalized spacial score (nSPS) is 27.8. The summed E-state index contributed by atoms with van der Waals surface area (Å²) in [6.07, 6.45) is 3.66. The fourth-order valence-corrected chi connectivity index (χ4v) is 5.15. The molecule has 0 bridgehead atoms. The summed E-state index contributed by atoms with van der Waals surface area (Å²) in [5.41, 5.74) is 2.05. The van der Waals surface area contributed by atoms with Gasteiger partial charge in [0.1, 0.15) is 11.4 Å². The Balaban J connectivity index is 1.17. The van der Waals surface area contributed by atoms with E-state index in [-0.39, 0.29) is 29.7 Å². The van der Waals surface area contributed by atoms with Crippen molar-refractivity contribution in [2.45, 2.75) is 43.7 Å². The number of ether oxygens (including phenoxy) is 1. The molecular formula is C24H25FN2O3. The number of carbonyl (C=O) groups excluding carboxylic acids is 2. The minimum Gasteiger partial charge on any atom is -0.451 e. The molecule has 2 aromatic rings. The molecule has 0 aromatic heterocycles. The zero-order chi connectivity index (χ0) is 20.7. The predicted octanol–water partition coefficient (Wildman–Crippen LogP) is 3.78. The third kappa shape index (κ3) is 3.34. The summed E-state index contributed by atoms with van der Waals surface area (Å²) in [5, 5.41) is 3.20. The van der Waals surface area contributed by atoms with Crippen LogP contribution in [0.25, 0.3) is 0 Å². The molecule has 1 saturated carbocycles. The second-order valence-electron chi connectivity index (χ2n) is 8.62. The van der Waals surface area contributed by atoms with E-state index in [4.69, 9.17) is 4.74 Å². The lowest BCUT2D eigenvalue weighted by Crippen LogP contribution is -2.43. The summed E-state index contributed by atoms with van der Waals surface area (Å²) in [4.78, 5) is 27.3. The van der Waals surface area contributed by atoms with Crippen LogP contribution in [0.3, 0.4) is 0 Å². The Bertz CT molecular complexity index is 967. The average Bonchev–Trinajstić information content (AvgIpc) is 3.33. The maximum Gasteiger partial charge on any atom is 0.339 e. The highest BCUT2D eigenvalue weighted by atomic mass is 19.1. The molecule has 2 aliphatic heterocycles. The molecular weight excluding hydrogens is 383 g/mol. The molecule has 1 aliphatic carbocycles. The highest BCUT2D eigenvalue weighted by molar-refractivity contribution is 5.94. The van der Waals surface area contributed by atoms with Crippen LogP contribution in [-0.2, 0) is 15.1 Å². The lowest BCUT2D eigenvalue weighted by molar-refractivity contribution is -0.128. The lowest BCUT2D eigenvalue weighted by atomic mass is 9.74. The van der Waals surface area contributed by atoms with Crippen LogP contribution in [0, 0.1) is 11.7 Å². The maximum absolute atomic E-state index is 13.1. The van der Waals surface area contributed by atoms with E-state index in [1.165, 1.54) is 12.1 Å². The van der Waals surface area contributed by atoms with Gasteiger partial charge in [-0.2, -0.15) is 0 Å². The van der Waals surface area contributed by atoms with Gasteiger partial charge in [-0.3, -0.25) is 4.79 Å². The second-order valence-corrected chi connectivity index (χ2v) is 8.62. The predicted molar refractivity (Wildman–Crippen MR) is 111 cm³/mol. The van der Waals surface area contributed by atoms with E-state index in [2.05, 4.69) is 10.2 Å². The molecule has 0 radical (unpaired) electrons. The van der Waals surface area contributed by atoms with E-state index < -0.39 is 5.60 Å². The molecule has 3 aliphatic rings. The first-order valence-electron chi connectivity index (χ1n) is 10.7. The Kier molecular flexibility index (Phi) is 4.72. The number of fused-ring (bicyclic) bond motifs is 2. The zero-order valence-electron chi connectivity index (χ0n) is 16.8. The van der Waals surface area contributed by atoms with Crippen molar-refractivity contribution in [1.29, 1.82) is 0 Å². The SMILES string of the molecule is O=C1O[C@]2(CC[C@H](C(=O)N[C@H]3CCN(c4ccc(F)cc4)C3)CC2)c2ccccc21. The van der Waals surface area contributed by atoms with E-state index in [0.717, 1.165) is 30.8 Å². The van der Waals surface area contributed by atoms with Crippen LogP contribution < -0.4 is 10.2 Å². The molecule has 5 rings (SSSR count). The van der Waals surface area contributed by atoms with Gasteiger partial charge in [0.05, 0.1) is 5.56 Å². The van der Waals surface area contributed by atoms with Crippen LogP contribution in [0.2, 0.25) is 0 Å². The van der Waals surface area contributed by atoms with Crippen LogP contribution in [0.15, 0.2) is 48.5 Å². The van der Waals surface area contributed by atoms with Crippen molar-refractivity contribution in [2.24, 2.45) is 5.92 Å². The fraction of sp³-hybridized carbons (Fsp3) is 0.417. The van der Waals surface area contributed by atoms with Crippen molar-refractivity contribution in [3.63, 3.8) is 0 Å². The minimum atomic E-state index is -0.558. The van der Waals surface area contributed by atoms with Crippen LogP contribution in [0.5, 0.6) is 0 Å². The molecule has 156 valence electrons. The van der Waals surface area contributed by atoms with Gasteiger partial charge in [-0.1, -0.05) is 18.2 Å². The third-order valence-corrected chi connectivity index (χ3v) is 6.82. The summed E-state index contributed by atoms with van der Waals surface area (Å²) in [5.74, 6) is -0.454. The Morgan fingerprint density at radius 3 is 2.57 bits per heavy atom. The van der Waals surface area contributed by atoms with Gasteiger partial charge in [-0.15, -0.1) is 0 Å². The molecule has 30 heavy (non-hydrogen) atoms. The van der Waals surface area contributed by atoms with Crippen LogP contribution >= 0.6 is 0 Å². The van der Waals surface area contributed by atoms with Crippen LogP contribution in [0.4, 0.5) is 10.1 Å². The van der Waals surface area contributed by atoms with Crippen LogP contribution in [-0.4, -0.2) is 31.0 Å². The van der Waals surface area contributed by atoms with Gasteiger partial charge < -0.3 is 15.0 Å². The molecule has 1 N–H and O–H groups in total. The largest absolute Gasteiger partial charge is 0.451 e. The Labute approximate surface area is 175 Å². The average molecular weight is 408 g/mol. The molecule has 2 heterocycles. The molecule has 1 amide bonds. The highest BCUT2D eigenvalue weighted by Crippen LogP contribution is 2.48. The number of benzene rings is 2. The number of nitrogens with one attached hydrogen (secondary N) is 1. The lowest BCUT2D eigenvalue weighted by Gasteiger charge is -2.36. The molecule has 1 saturated heterocycles. The quantitative estimate of drug-likeness (QED) is 0.786. The summed E-state index contributed by atoms with van der Waals surface area (Å²) in [7, 11) is 0. The fourth-order valence-electron chi connectivity index (χ4n) is 5.15. The maximum atomic E-state index is 13.1. The highest BCUT2D eigenvalue weighted by Gasteiger charge is 2.48. The van der Waals surface area contributed by atoms with E-state index in [1.54, 1.807) is 12.1 Å². The number of amides is 1. The van der Waals surface area contributed by atoms with E-state index in [1.807, 2.05) is 24.3 Å². The van der Waals surface area contributed by atoms with Crippen molar-refractivity contribution in [2.75, 3.05) is 18.0 Å². The monoisotopic (exact) mass is 408 g/mol. The number of hydrogen-bond donors (Lipinski definition) is 1. The Morgan fingerprint density at radius 2 is 1.80 bits per heavy atom. The van der Waals surface area contributed by atoms with Crippen molar-refractivity contribution in [1.82, 2.24) is 5.32 Å². The number of hydrogen-bond acceptors (Lipinski definition) is 4. The minimum absolute atomic E-state index is 0.0537. The first-order valence-corrected chi connectivity index (χ1v) is 10.7. The summed E-state index contributed by atoms with van der Waals surface area (Å²) >= 11 is 0. The molecule has 6 heteroatoms. The Hall–Kier alpha value is -2.89. The summed E-state index contributed by atoms with van der Waals surface area (Å²) in [6.45, 7) is 1.58. The van der Waals surface area contributed by atoms with Gasteiger partial charge in [-0.05, 0) is 62.4 Å². The van der Waals surface area contributed by atoms with Gasteiger partial charge in [-0.25, -0.2) is 9.18 Å². The molecule has 0 unspecified atom stereocenters. The first kappa shape index (κ1) is 19.1. The number of anilines is 1. The molecule has 1 atom stereocenters. The first-order chi connectivity index (χ1) is 14.5. The Morgan fingerprint density at radius 1 is 1.07 bits per heavy atom.